The number of anilines is 2. The number of rotatable bonds is 2. The van der Waals surface area contributed by atoms with E-state index >= 15 is 0 Å². The van der Waals surface area contributed by atoms with Gasteiger partial charge < -0.3 is 15.4 Å². The number of carbonyl (C=O) groups is 2. The van der Waals surface area contributed by atoms with Gasteiger partial charge in [0.15, 0.2) is 6.61 Å². The third-order valence-corrected chi connectivity index (χ3v) is 3.03. The molecule has 0 bridgehead atoms. The molecule has 2 aromatic rings. The second-order valence-corrected chi connectivity index (χ2v) is 4.72. The van der Waals surface area contributed by atoms with Crippen LogP contribution in [0.3, 0.4) is 0 Å². The van der Waals surface area contributed by atoms with Gasteiger partial charge in [-0.15, -0.1) is 0 Å². The average molecular weight is 283 g/mol. The van der Waals surface area contributed by atoms with Crippen LogP contribution in [0.15, 0.2) is 36.5 Å². The zero-order valence-corrected chi connectivity index (χ0v) is 11.3. The highest BCUT2D eigenvalue weighted by molar-refractivity contribution is 6.05. The van der Waals surface area contributed by atoms with Crippen molar-refractivity contribution in [2.24, 2.45) is 0 Å². The third-order valence-electron chi connectivity index (χ3n) is 3.03. The van der Waals surface area contributed by atoms with Crippen molar-refractivity contribution in [3.8, 4) is 5.75 Å². The highest BCUT2D eigenvalue weighted by Crippen LogP contribution is 2.28. The van der Waals surface area contributed by atoms with Crippen LogP contribution in [0, 0.1) is 6.92 Å². The lowest BCUT2D eigenvalue weighted by Crippen LogP contribution is -2.25. The van der Waals surface area contributed by atoms with Crippen molar-refractivity contribution in [1.82, 2.24) is 4.98 Å². The van der Waals surface area contributed by atoms with Crippen LogP contribution in [-0.4, -0.2) is 23.4 Å². The highest BCUT2D eigenvalue weighted by atomic mass is 16.5. The van der Waals surface area contributed by atoms with Crippen molar-refractivity contribution in [2.45, 2.75) is 6.92 Å². The lowest BCUT2D eigenvalue weighted by Gasteiger charge is -2.18. The summed E-state index contributed by atoms with van der Waals surface area (Å²) in [6, 6.07) is 8.47. The summed E-state index contributed by atoms with van der Waals surface area (Å²) in [4.78, 5) is 27.5. The lowest BCUT2D eigenvalue weighted by atomic mass is 10.1. The fraction of sp³-hybridized carbons (Fsp3) is 0.133. The Morgan fingerprint density at radius 2 is 2.19 bits per heavy atom. The van der Waals surface area contributed by atoms with Gasteiger partial charge in [0.25, 0.3) is 11.8 Å². The molecule has 3 rings (SSSR count). The number of fused-ring (bicyclic) bond motifs is 1. The normalized spacial score (nSPS) is 12.9. The Morgan fingerprint density at radius 1 is 1.33 bits per heavy atom. The van der Waals surface area contributed by atoms with Gasteiger partial charge in [-0.1, -0.05) is 6.07 Å². The van der Waals surface area contributed by atoms with Crippen LogP contribution in [0.5, 0.6) is 5.75 Å². The summed E-state index contributed by atoms with van der Waals surface area (Å²) in [6.45, 7) is 1.88. The standard InChI is InChI=1S/C15H13N3O3/c1-9-2-5-13(16-7-9)18-15(20)10-3-4-11-12(6-10)21-8-14(19)17-11/h2-7H,8H2,1H3,(H,17,19)(H,16,18,20). The maximum atomic E-state index is 12.2. The molecule has 1 aliphatic rings. The summed E-state index contributed by atoms with van der Waals surface area (Å²) < 4.78 is 5.28. The summed E-state index contributed by atoms with van der Waals surface area (Å²) >= 11 is 0. The summed E-state index contributed by atoms with van der Waals surface area (Å²) in [5.74, 6) is 0.481. The molecule has 0 saturated carbocycles. The Labute approximate surface area is 121 Å². The number of nitrogens with zero attached hydrogens (tertiary/aromatic N) is 1. The molecule has 1 aromatic heterocycles. The van der Waals surface area contributed by atoms with Crippen molar-refractivity contribution in [1.29, 1.82) is 0 Å². The zero-order valence-electron chi connectivity index (χ0n) is 11.3. The second-order valence-electron chi connectivity index (χ2n) is 4.72. The maximum absolute atomic E-state index is 12.2. The van der Waals surface area contributed by atoms with E-state index in [-0.39, 0.29) is 18.4 Å². The predicted molar refractivity (Wildman–Crippen MR) is 77.5 cm³/mol. The molecular formula is C15H13N3O3. The van der Waals surface area contributed by atoms with E-state index in [1.54, 1.807) is 30.5 Å². The zero-order chi connectivity index (χ0) is 14.8. The Balaban J connectivity index is 1.79. The quantitative estimate of drug-likeness (QED) is 0.883. The summed E-state index contributed by atoms with van der Waals surface area (Å²) in [5, 5.41) is 5.38. The van der Waals surface area contributed by atoms with Crippen LogP contribution < -0.4 is 15.4 Å². The molecule has 0 aliphatic carbocycles. The van der Waals surface area contributed by atoms with Crippen molar-refractivity contribution in [3.63, 3.8) is 0 Å². The van der Waals surface area contributed by atoms with Crippen molar-refractivity contribution in [3.05, 3.63) is 47.7 Å². The van der Waals surface area contributed by atoms with Crippen LogP contribution >= 0.6 is 0 Å². The molecule has 1 aliphatic heterocycles. The van der Waals surface area contributed by atoms with Crippen LogP contribution in [0.1, 0.15) is 15.9 Å². The van der Waals surface area contributed by atoms with Gasteiger partial charge >= 0.3 is 0 Å². The maximum Gasteiger partial charge on any atom is 0.262 e. The van der Waals surface area contributed by atoms with Crippen molar-refractivity contribution >= 4 is 23.3 Å². The van der Waals surface area contributed by atoms with Gasteiger partial charge in [-0.25, -0.2) is 4.98 Å². The first-order chi connectivity index (χ1) is 10.1. The number of amides is 2. The monoisotopic (exact) mass is 283 g/mol. The number of hydrogen-bond acceptors (Lipinski definition) is 4. The van der Waals surface area contributed by atoms with E-state index in [0.717, 1.165) is 5.56 Å². The Morgan fingerprint density at radius 3 is 2.95 bits per heavy atom. The van der Waals surface area contributed by atoms with Gasteiger partial charge in [-0.05, 0) is 36.8 Å². The molecule has 2 heterocycles. The number of ether oxygens (including phenoxy) is 1. The molecule has 0 saturated heterocycles. The van der Waals surface area contributed by atoms with Crippen LogP contribution in [0.25, 0.3) is 0 Å². The van der Waals surface area contributed by atoms with Gasteiger partial charge in [-0.3, -0.25) is 9.59 Å². The van der Waals surface area contributed by atoms with Crippen molar-refractivity contribution < 1.29 is 14.3 Å². The first kappa shape index (κ1) is 13.1. The van der Waals surface area contributed by atoms with Gasteiger partial charge in [0.05, 0.1) is 5.69 Å². The fourth-order valence-electron chi connectivity index (χ4n) is 1.95. The van der Waals surface area contributed by atoms with Gasteiger partial charge in [-0.2, -0.15) is 0 Å². The minimum atomic E-state index is -0.283. The molecule has 2 amide bonds. The van der Waals surface area contributed by atoms with Gasteiger partial charge in [0.1, 0.15) is 11.6 Å². The largest absolute Gasteiger partial charge is 0.482 e. The first-order valence-corrected chi connectivity index (χ1v) is 6.42. The SMILES string of the molecule is Cc1ccc(NC(=O)c2ccc3c(c2)OCC(=O)N3)nc1. The molecule has 0 unspecified atom stereocenters. The third kappa shape index (κ3) is 2.84. The molecule has 0 radical (unpaired) electrons. The van der Waals surface area contributed by atoms with Gasteiger partial charge in [0.2, 0.25) is 0 Å². The summed E-state index contributed by atoms with van der Waals surface area (Å²) in [7, 11) is 0. The minimum absolute atomic E-state index is 0.0441. The van der Waals surface area contributed by atoms with E-state index in [0.29, 0.717) is 22.8 Å². The number of benzene rings is 1. The number of pyridine rings is 1. The van der Waals surface area contributed by atoms with Crippen molar-refractivity contribution in [2.75, 3.05) is 17.2 Å². The molecule has 21 heavy (non-hydrogen) atoms. The number of carbonyl (C=O) groups excluding carboxylic acids is 2. The number of aryl methyl sites for hydroxylation is 1. The minimum Gasteiger partial charge on any atom is -0.482 e. The fourth-order valence-corrected chi connectivity index (χ4v) is 1.95. The van der Waals surface area contributed by atoms with E-state index in [1.165, 1.54) is 0 Å². The molecule has 6 nitrogen and oxygen atoms in total. The average Bonchev–Trinajstić information content (AvgIpc) is 2.49. The number of nitrogens with one attached hydrogen (secondary N) is 2. The van der Waals surface area contributed by atoms with Crippen LogP contribution in [0.2, 0.25) is 0 Å². The Bertz CT molecular complexity index is 711. The summed E-state index contributed by atoms with van der Waals surface area (Å²) in [6.07, 6.45) is 1.68. The van der Waals surface area contributed by atoms with Gasteiger partial charge in [0, 0.05) is 11.8 Å². The van der Waals surface area contributed by atoms with Crippen LogP contribution in [0.4, 0.5) is 11.5 Å². The molecule has 0 spiro atoms. The summed E-state index contributed by atoms with van der Waals surface area (Å²) in [5.41, 5.74) is 2.02. The molecule has 0 fully saturated rings. The first-order valence-electron chi connectivity index (χ1n) is 6.42. The van der Waals surface area contributed by atoms with E-state index in [9.17, 15) is 9.59 Å². The topological polar surface area (TPSA) is 80.3 Å². The Kier molecular flexibility index (Phi) is 3.27. The van der Waals surface area contributed by atoms with E-state index in [2.05, 4.69) is 15.6 Å². The van der Waals surface area contributed by atoms with E-state index in [1.807, 2.05) is 13.0 Å². The molecular weight excluding hydrogens is 270 g/mol. The smallest absolute Gasteiger partial charge is 0.262 e. The molecule has 106 valence electrons. The predicted octanol–water partition coefficient (Wildman–Crippen LogP) is 1.97. The number of aromatic nitrogens is 1. The van der Waals surface area contributed by atoms with Crippen LogP contribution in [-0.2, 0) is 4.79 Å². The molecule has 1 aromatic carbocycles. The van der Waals surface area contributed by atoms with E-state index < -0.39 is 0 Å². The Hall–Kier alpha value is -2.89. The molecule has 0 atom stereocenters. The second kappa shape index (κ2) is 5.24. The lowest BCUT2D eigenvalue weighted by molar-refractivity contribution is -0.118. The molecule has 6 heteroatoms. The highest BCUT2D eigenvalue weighted by Gasteiger charge is 2.17. The molecule has 2 N–H and O–H groups in total. The van der Waals surface area contributed by atoms with E-state index in [4.69, 9.17) is 4.74 Å². The number of hydrogen-bond donors (Lipinski definition) is 2.